The van der Waals surface area contributed by atoms with Crippen LogP contribution in [0.5, 0.6) is 0 Å². The Labute approximate surface area is 119 Å². The fraction of sp³-hybridized carbons (Fsp3) is 0.188. The van der Waals surface area contributed by atoms with Gasteiger partial charge in [0.15, 0.2) is 0 Å². The Morgan fingerprint density at radius 2 is 1.55 bits per heavy atom. The molecular formula is C16H18NO2P. The van der Waals surface area contributed by atoms with Crippen LogP contribution in [0.3, 0.4) is 0 Å². The van der Waals surface area contributed by atoms with Gasteiger partial charge in [0.05, 0.1) is 5.56 Å². The van der Waals surface area contributed by atoms with Crippen LogP contribution in [-0.4, -0.2) is 11.6 Å². The summed E-state index contributed by atoms with van der Waals surface area (Å²) in [4.78, 5) is 11.6. The smallest absolute Gasteiger partial charge is 0.249 e. The van der Waals surface area contributed by atoms with Crippen LogP contribution in [0, 0.1) is 0 Å². The first kappa shape index (κ1) is 14.5. The van der Waals surface area contributed by atoms with E-state index in [4.69, 9.17) is 5.73 Å². The van der Waals surface area contributed by atoms with E-state index < -0.39 is 13.0 Å². The summed E-state index contributed by atoms with van der Waals surface area (Å²) in [6.07, 6.45) is 0. The third-order valence-corrected chi connectivity index (χ3v) is 7.02. The van der Waals surface area contributed by atoms with Crippen molar-refractivity contribution in [3.8, 4) is 0 Å². The molecule has 2 N–H and O–H groups in total. The van der Waals surface area contributed by atoms with Gasteiger partial charge in [0.2, 0.25) is 5.91 Å². The van der Waals surface area contributed by atoms with Crippen LogP contribution in [0.15, 0.2) is 54.6 Å². The third-order valence-electron chi connectivity index (χ3n) is 3.39. The summed E-state index contributed by atoms with van der Waals surface area (Å²) in [5, 5.41) is 1.30. The molecule has 1 unspecified atom stereocenters. The molecule has 0 aliphatic rings. The molecule has 4 heteroatoms. The molecule has 0 saturated carbocycles. The zero-order chi connectivity index (χ0) is 14.8. The lowest BCUT2D eigenvalue weighted by Gasteiger charge is -2.24. The summed E-state index contributed by atoms with van der Waals surface area (Å²) >= 11 is 0. The molecule has 3 nitrogen and oxygen atoms in total. The number of carbonyl (C=O) groups is 1. The van der Waals surface area contributed by atoms with Crippen LogP contribution in [0.2, 0.25) is 0 Å². The topological polar surface area (TPSA) is 60.2 Å². The maximum absolute atomic E-state index is 13.6. The Morgan fingerprint density at radius 1 is 1.00 bits per heavy atom. The van der Waals surface area contributed by atoms with E-state index in [2.05, 4.69) is 0 Å². The Balaban J connectivity index is 2.74. The molecule has 2 rings (SSSR count). The highest BCUT2D eigenvalue weighted by Crippen LogP contribution is 2.48. The van der Waals surface area contributed by atoms with Crippen LogP contribution >= 0.6 is 7.14 Å². The van der Waals surface area contributed by atoms with Gasteiger partial charge >= 0.3 is 0 Å². The quantitative estimate of drug-likeness (QED) is 0.878. The molecule has 0 aromatic heterocycles. The van der Waals surface area contributed by atoms with Crippen molar-refractivity contribution < 1.29 is 9.36 Å². The molecule has 1 amide bonds. The second-order valence-electron chi connectivity index (χ2n) is 4.97. The number of primary amides is 1. The summed E-state index contributed by atoms with van der Waals surface area (Å²) in [5.41, 5.74) is 5.66. The van der Waals surface area contributed by atoms with Gasteiger partial charge in [-0.15, -0.1) is 0 Å². The monoisotopic (exact) mass is 287 g/mol. The number of amides is 1. The summed E-state index contributed by atoms with van der Waals surface area (Å²) < 4.78 is 13.6. The first-order chi connectivity index (χ1) is 9.48. The van der Waals surface area contributed by atoms with Crippen molar-refractivity contribution in [1.29, 1.82) is 0 Å². The lowest BCUT2D eigenvalue weighted by Crippen LogP contribution is -2.29. The minimum absolute atomic E-state index is 0.106. The molecule has 0 radical (unpaired) electrons. The summed E-state index contributed by atoms with van der Waals surface area (Å²) in [6.45, 7) is 3.82. The normalized spacial score (nSPS) is 13.9. The van der Waals surface area contributed by atoms with Gasteiger partial charge in [0.1, 0.15) is 7.14 Å². The first-order valence-electron chi connectivity index (χ1n) is 6.52. The highest BCUT2D eigenvalue weighted by molar-refractivity contribution is 7.79. The number of carbonyl (C=O) groups excluding carboxylic acids is 1. The van der Waals surface area contributed by atoms with Crippen molar-refractivity contribution >= 4 is 23.7 Å². The zero-order valence-electron chi connectivity index (χ0n) is 11.6. The SMILES string of the molecule is CC(C)P(=O)(c1ccccc1)c1ccccc1C(N)=O. The molecule has 20 heavy (non-hydrogen) atoms. The van der Waals surface area contributed by atoms with E-state index in [-0.39, 0.29) is 5.66 Å². The first-order valence-corrected chi connectivity index (χ1v) is 8.30. The van der Waals surface area contributed by atoms with Crippen LogP contribution in [0.1, 0.15) is 24.2 Å². The maximum Gasteiger partial charge on any atom is 0.249 e. The van der Waals surface area contributed by atoms with E-state index >= 15 is 0 Å². The number of rotatable bonds is 4. The Morgan fingerprint density at radius 3 is 2.10 bits per heavy atom. The van der Waals surface area contributed by atoms with Crippen LogP contribution in [-0.2, 0) is 4.57 Å². The molecule has 2 aromatic carbocycles. The van der Waals surface area contributed by atoms with E-state index in [0.29, 0.717) is 10.9 Å². The molecule has 0 fully saturated rings. The van der Waals surface area contributed by atoms with Gasteiger partial charge in [-0.05, 0) is 6.07 Å². The minimum atomic E-state index is -2.89. The molecular weight excluding hydrogens is 269 g/mol. The summed E-state index contributed by atoms with van der Waals surface area (Å²) in [5.74, 6) is -0.544. The largest absolute Gasteiger partial charge is 0.366 e. The molecule has 0 aliphatic heterocycles. The van der Waals surface area contributed by atoms with E-state index in [9.17, 15) is 9.36 Å². The predicted octanol–water partition coefficient (Wildman–Crippen LogP) is 2.51. The van der Waals surface area contributed by atoms with E-state index in [1.54, 1.807) is 24.3 Å². The van der Waals surface area contributed by atoms with Crippen LogP contribution < -0.4 is 16.3 Å². The molecule has 2 aromatic rings. The van der Waals surface area contributed by atoms with Crippen LogP contribution in [0.4, 0.5) is 0 Å². The van der Waals surface area contributed by atoms with E-state index in [1.807, 2.05) is 44.2 Å². The van der Waals surface area contributed by atoms with Crippen molar-refractivity contribution in [2.24, 2.45) is 5.73 Å². The fourth-order valence-corrected chi connectivity index (χ4v) is 5.23. The summed E-state index contributed by atoms with van der Waals surface area (Å²) in [7, 11) is -2.89. The highest BCUT2D eigenvalue weighted by Gasteiger charge is 2.33. The van der Waals surface area contributed by atoms with E-state index in [0.717, 1.165) is 5.30 Å². The van der Waals surface area contributed by atoms with Gasteiger partial charge in [0.25, 0.3) is 0 Å². The Bertz CT molecular complexity index is 665. The average Bonchev–Trinajstić information content (AvgIpc) is 2.47. The van der Waals surface area contributed by atoms with Gasteiger partial charge in [-0.1, -0.05) is 62.4 Å². The minimum Gasteiger partial charge on any atom is -0.366 e. The molecule has 0 heterocycles. The average molecular weight is 287 g/mol. The highest BCUT2D eigenvalue weighted by atomic mass is 31.2. The molecule has 0 aliphatic carbocycles. The van der Waals surface area contributed by atoms with Crippen LogP contribution in [0.25, 0.3) is 0 Å². The summed E-state index contributed by atoms with van der Waals surface area (Å²) in [6, 6.07) is 16.2. The number of nitrogens with two attached hydrogens (primary N) is 1. The predicted molar refractivity (Wildman–Crippen MR) is 83.4 cm³/mol. The number of hydrogen-bond acceptors (Lipinski definition) is 2. The van der Waals surface area contributed by atoms with Gasteiger partial charge < -0.3 is 10.3 Å². The van der Waals surface area contributed by atoms with Gasteiger partial charge in [-0.2, -0.15) is 0 Å². The van der Waals surface area contributed by atoms with E-state index in [1.165, 1.54) is 0 Å². The van der Waals surface area contributed by atoms with Crippen molar-refractivity contribution in [1.82, 2.24) is 0 Å². The second-order valence-corrected chi connectivity index (χ2v) is 8.32. The van der Waals surface area contributed by atoms with Crippen molar-refractivity contribution in [2.75, 3.05) is 0 Å². The molecule has 1 atom stereocenters. The Kier molecular flexibility index (Phi) is 4.10. The Hall–Kier alpha value is -1.86. The van der Waals surface area contributed by atoms with Gasteiger partial charge in [-0.25, -0.2) is 0 Å². The number of benzene rings is 2. The lowest BCUT2D eigenvalue weighted by molar-refractivity contribution is 0.100. The lowest BCUT2D eigenvalue weighted by atomic mass is 10.2. The maximum atomic E-state index is 13.6. The molecule has 0 spiro atoms. The number of hydrogen-bond donors (Lipinski definition) is 1. The fourth-order valence-electron chi connectivity index (χ4n) is 2.34. The van der Waals surface area contributed by atoms with Gasteiger partial charge in [0, 0.05) is 16.3 Å². The molecule has 0 saturated heterocycles. The second kappa shape index (κ2) is 5.64. The van der Waals surface area contributed by atoms with Gasteiger partial charge in [-0.3, -0.25) is 4.79 Å². The third kappa shape index (κ3) is 2.41. The van der Waals surface area contributed by atoms with Crippen molar-refractivity contribution in [3.63, 3.8) is 0 Å². The van der Waals surface area contributed by atoms with Crippen molar-refractivity contribution in [3.05, 3.63) is 60.2 Å². The zero-order valence-corrected chi connectivity index (χ0v) is 12.5. The molecule has 104 valence electrons. The standard InChI is InChI=1S/C16H18NO2P/c1-12(2)20(19,13-8-4-3-5-9-13)15-11-7-6-10-14(15)16(17)18/h3-12H,1-2H3,(H2,17,18). The molecule has 0 bridgehead atoms. The van der Waals surface area contributed by atoms with Crippen molar-refractivity contribution in [2.45, 2.75) is 19.5 Å².